The maximum atomic E-state index is 12.5. The summed E-state index contributed by atoms with van der Waals surface area (Å²) < 4.78 is 0. The van der Waals surface area contributed by atoms with Crippen LogP contribution in [-0.2, 0) is 11.2 Å². The maximum Gasteiger partial charge on any atom is 0.217 e. The van der Waals surface area contributed by atoms with Gasteiger partial charge in [0, 0.05) is 28.2 Å². The van der Waals surface area contributed by atoms with E-state index in [1.54, 1.807) is 0 Å². The molecule has 1 aromatic heterocycles. The lowest BCUT2D eigenvalue weighted by Gasteiger charge is -2.05. The average molecular weight is 266 g/mol. The van der Waals surface area contributed by atoms with Gasteiger partial charge in [-0.15, -0.1) is 0 Å². The number of amides is 1. The van der Waals surface area contributed by atoms with Gasteiger partial charge >= 0.3 is 0 Å². The molecule has 0 aliphatic rings. The highest BCUT2D eigenvalue weighted by Gasteiger charge is 2.06. The van der Waals surface area contributed by atoms with Gasteiger partial charge in [0.2, 0.25) is 5.91 Å². The molecule has 0 atom stereocenters. The highest BCUT2D eigenvalue weighted by Crippen LogP contribution is 2.16. The van der Waals surface area contributed by atoms with Crippen molar-refractivity contribution < 1.29 is 4.79 Å². The number of pyridine rings is 1. The second-order valence-electron chi connectivity index (χ2n) is 4.85. The van der Waals surface area contributed by atoms with E-state index in [1.807, 2.05) is 42.5 Å². The van der Waals surface area contributed by atoms with Crippen LogP contribution in [0.4, 0.5) is 0 Å². The van der Waals surface area contributed by atoms with Crippen molar-refractivity contribution in [1.82, 2.24) is 4.98 Å². The van der Waals surface area contributed by atoms with Crippen molar-refractivity contribution >= 4 is 27.7 Å². The van der Waals surface area contributed by atoms with Crippen LogP contribution in [0.2, 0.25) is 0 Å². The first-order valence-corrected chi connectivity index (χ1v) is 6.47. The van der Waals surface area contributed by atoms with Gasteiger partial charge in [-0.2, -0.15) is 0 Å². The van der Waals surface area contributed by atoms with Crippen molar-refractivity contribution in [3.63, 3.8) is 0 Å². The van der Waals surface area contributed by atoms with Gasteiger partial charge in [0.15, 0.2) is 5.43 Å². The van der Waals surface area contributed by atoms with Crippen molar-refractivity contribution in [3.05, 3.63) is 58.3 Å². The topological polar surface area (TPSA) is 76.0 Å². The van der Waals surface area contributed by atoms with E-state index in [1.165, 1.54) is 0 Å². The molecule has 0 aliphatic heterocycles. The number of aryl methyl sites for hydroxylation is 1. The molecule has 1 heterocycles. The predicted octanol–water partition coefficient (Wildman–Crippen LogP) is 2.10. The van der Waals surface area contributed by atoms with Crippen molar-refractivity contribution in [2.24, 2.45) is 5.73 Å². The Morgan fingerprint density at radius 1 is 1.05 bits per heavy atom. The SMILES string of the molecule is NC(=O)CCc1ccc2[nH]c3ccccc3c(=O)c2c1. The Kier molecular flexibility index (Phi) is 2.99. The number of primary amides is 1. The number of para-hydroxylation sites is 1. The summed E-state index contributed by atoms with van der Waals surface area (Å²) >= 11 is 0. The number of nitrogens with one attached hydrogen (secondary N) is 1. The number of aromatic nitrogens is 1. The van der Waals surface area contributed by atoms with Crippen LogP contribution in [0.1, 0.15) is 12.0 Å². The Bertz CT molecular complexity index is 865. The lowest BCUT2D eigenvalue weighted by Crippen LogP contribution is -2.11. The second kappa shape index (κ2) is 4.81. The first kappa shape index (κ1) is 12.4. The zero-order valence-corrected chi connectivity index (χ0v) is 10.8. The summed E-state index contributed by atoms with van der Waals surface area (Å²) in [5, 5.41) is 1.32. The van der Waals surface area contributed by atoms with E-state index >= 15 is 0 Å². The van der Waals surface area contributed by atoms with Gasteiger partial charge in [-0.1, -0.05) is 18.2 Å². The van der Waals surface area contributed by atoms with E-state index in [9.17, 15) is 9.59 Å². The van der Waals surface area contributed by atoms with E-state index in [2.05, 4.69) is 4.98 Å². The molecule has 0 saturated heterocycles. The summed E-state index contributed by atoms with van der Waals surface area (Å²) in [6, 6.07) is 13.1. The molecule has 3 rings (SSSR count). The lowest BCUT2D eigenvalue weighted by molar-refractivity contribution is -0.117. The first-order valence-electron chi connectivity index (χ1n) is 6.47. The number of H-pyrrole nitrogens is 1. The zero-order valence-electron chi connectivity index (χ0n) is 10.8. The summed E-state index contributed by atoms with van der Waals surface area (Å²) in [5.74, 6) is -0.336. The molecular formula is C16H14N2O2. The molecule has 100 valence electrons. The van der Waals surface area contributed by atoms with Crippen LogP contribution in [-0.4, -0.2) is 10.9 Å². The number of benzene rings is 2. The number of nitrogens with two attached hydrogens (primary N) is 1. The van der Waals surface area contributed by atoms with E-state index in [0.717, 1.165) is 16.6 Å². The standard InChI is InChI=1S/C16H14N2O2/c17-15(19)8-6-10-5-7-14-12(9-10)16(20)11-3-1-2-4-13(11)18-14/h1-5,7,9H,6,8H2,(H2,17,19)(H,18,20). The minimum absolute atomic E-state index is 0.00951. The highest BCUT2D eigenvalue weighted by molar-refractivity contribution is 5.92. The molecule has 0 radical (unpaired) electrons. The minimum atomic E-state index is -0.336. The van der Waals surface area contributed by atoms with Crippen LogP contribution >= 0.6 is 0 Å². The van der Waals surface area contributed by atoms with Crippen LogP contribution in [0.15, 0.2) is 47.3 Å². The molecule has 2 aromatic carbocycles. The van der Waals surface area contributed by atoms with Gasteiger partial charge in [0.1, 0.15) is 0 Å². The molecule has 0 fully saturated rings. The van der Waals surface area contributed by atoms with Crippen LogP contribution in [0.25, 0.3) is 21.8 Å². The number of carbonyl (C=O) groups is 1. The molecule has 0 spiro atoms. The molecule has 4 nitrogen and oxygen atoms in total. The summed E-state index contributed by atoms with van der Waals surface area (Å²) in [7, 11) is 0. The van der Waals surface area contributed by atoms with Gasteiger partial charge < -0.3 is 10.7 Å². The molecule has 3 aromatic rings. The number of hydrogen-bond acceptors (Lipinski definition) is 2. The Labute approximate surface area is 115 Å². The number of carbonyl (C=O) groups excluding carboxylic acids is 1. The maximum absolute atomic E-state index is 12.5. The first-order chi connectivity index (χ1) is 9.65. The molecule has 1 amide bonds. The fraction of sp³-hybridized carbons (Fsp3) is 0.125. The van der Waals surface area contributed by atoms with Crippen molar-refractivity contribution in [2.75, 3.05) is 0 Å². The van der Waals surface area contributed by atoms with Crippen LogP contribution < -0.4 is 11.2 Å². The van der Waals surface area contributed by atoms with E-state index in [4.69, 9.17) is 5.73 Å². The summed E-state index contributed by atoms with van der Waals surface area (Å²) in [5.41, 5.74) is 7.73. The van der Waals surface area contributed by atoms with Crippen molar-refractivity contribution in [3.8, 4) is 0 Å². The van der Waals surface area contributed by atoms with Crippen molar-refractivity contribution in [1.29, 1.82) is 0 Å². The smallest absolute Gasteiger partial charge is 0.217 e. The van der Waals surface area contributed by atoms with Gasteiger partial charge in [-0.3, -0.25) is 9.59 Å². The third-order valence-electron chi connectivity index (χ3n) is 3.43. The van der Waals surface area contributed by atoms with Crippen LogP contribution in [0.3, 0.4) is 0 Å². The molecule has 0 saturated carbocycles. The largest absolute Gasteiger partial charge is 0.370 e. The summed E-state index contributed by atoms with van der Waals surface area (Å²) in [6.45, 7) is 0. The normalized spacial score (nSPS) is 11.0. The Morgan fingerprint density at radius 2 is 1.80 bits per heavy atom. The Balaban J connectivity index is 2.18. The monoisotopic (exact) mass is 266 g/mol. The molecule has 4 heteroatoms. The Morgan fingerprint density at radius 3 is 2.60 bits per heavy atom. The molecule has 0 aliphatic carbocycles. The molecular weight excluding hydrogens is 252 g/mol. The number of rotatable bonds is 3. The van der Waals surface area contributed by atoms with Gasteiger partial charge in [-0.25, -0.2) is 0 Å². The fourth-order valence-electron chi connectivity index (χ4n) is 2.39. The molecule has 0 unspecified atom stereocenters. The number of fused-ring (bicyclic) bond motifs is 2. The van der Waals surface area contributed by atoms with E-state index in [0.29, 0.717) is 17.2 Å². The van der Waals surface area contributed by atoms with Gasteiger partial charge in [-0.05, 0) is 36.2 Å². The second-order valence-corrected chi connectivity index (χ2v) is 4.85. The average Bonchev–Trinajstić information content (AvgIpc) is 2.46. The molecule has 0 bridgehead atoms. The Hall–Kier alpha value is -2.62. The third kappa shape index (κ3) is 2.16. The van der Waals surface area contributed by atoms with E-state index in [-0.39, 0.29) is 17.8 Å². The fourth-order valence-corrected chi connectivity index (χ4v) is 2.39. The third-order valence-corrected chi connectivity index (χ3v) is 3.43. The number of aromatic amines is 1. The molecule has 3 N–H and O–H groups in total. The summed E-state index contributed by atoms with van der Waals surface area (Å²) in [6.07, 6.45) is 0.842. The zero-order chi connectivity index (χ0) is 14.1. The lowest BCUT2D eigenvalue weighted by atomic mass is 10.0. The minimum Gasteiger partial charge on any atom is -0.370 e. The number of hydrogen-bond donors (Lipinski definition) is 2. The predicted molar refractivity (Wildman–Crippen MR) is 79.6 cm³/mol. The van der Waals surface area contributed by atoms with E-state index < -0.39 is 0 Å². The quantitative estimate of drug-likeness (QED) is 0.712. The van der Waals surface area contributed by atoms with Gasteiger partial charge in [0.05, 0.1) is 0 Å². The van der Waals surface area contributed by atoms with Crippen LogP contribution in [0, 0.1) is 0 Å². The van der Waals surface area contributed by atoms with Gasteiger partial charge in [0.25, 0.3) is 0 Å². The summed E-state index contributed by atoms with van der Waals surface area (Å²) in [4.78, 5) is 26.5. The highest BCUT2D eigenvalue weighted by atomic mass is 16.1. The van der Waals surface area contributed by atoms with Crippen LogP contribution in [0.5, 0.6) is 0 Å². The molecule has 20 heavy (non-hydrogen) atoms. The van der Waals surface area contributed by atoms with Crippen molar-refractivity contribution in [2.45, 2.75) is 12.8 Å².